The summed E-state index contributed by atoms with van der Waals surface area (Å²) in [6, 6.07) is 8.50. The normalized spacial score (nSPS) is 11.6. The summed E-state index contributed by atoms with van der Waals surface area (Å²) in [5, 5.41) is 3.34. The van der Waals surface area contributed by atoms with Crippen LogP contribution in [-0.4, -0.2) is 19.1 Å². The quantitative estimate of drug-likeness (QED) is 0.805. The van der Waals surface area contributed by atoms with Crippen LogP contribution in [0.4, 0.5) is 5.69 Å². The van der Waals surface area contributed by atoms with Gasteiger partial charge in [0.1, 0.15) is 0 Å². The molecule has 0 radical (unpaired) electrons. The highest BCUT2D eigenvalue weighted by Gasteiger charge is 2.18. The van der Waals surface area contributed by atoms with Crippen molar-refractivity contribution in [3.05, 3.63) is 34.7 Å². The van der Waals surface area contributed by atoms with E-state index in [1.807, 2.05) is 0 Å². The van der Waals surface area contributed by atoms with Gasteiger partial charge in [-0.1, -0.05) is 32.9 Å². The maximum Gasteiger partial charge on any atom is 0.0986 e. The van der Waals surface area contributed by atoms with Crippen LogP contribution >= 0.6 is 11.3 Å². The molecule has 0 amide bonds. The summed E-state index contributed by atoms with van der Waals surface area (Å²) in [7, 11) is 4.11. The molecule has 0 fully saturated rings. The zero-order valence-electron chi connectivity index (χ0n) is 11.7. The van der Waals surface area contributed by atoms with E-state index in [-0.39, 0.29) is 5.41 Å². The lowest BCUT2D eigenvalue weighted by Gasteiger charge is -2.14. The van der Waals surface area contributed by atoms with Gasteiger partial charge in [-0.2, -0.15) is 0 Å². The third kappa shape index (κ3) is 2.72. The summed E-state index contributed by atoms with van der Waals surface area (Å²) in [5.74, 6) is 0. The number of nitrogens with zero attached hydrogens (tertiary/aromatic N) is 2. The SMILES string of the molecule is CN(C)c1cccc(-c2csc(C(C)(C)C)n2)c1. The lowest BCUT2D eigenvalue weighted by Crippen LogP contribution is -2.10. The number of thiazole rings is 1. The standard InChI is InChI=1S/C15H20N2S/c1-15(2,3)14-16-13(10-18-14)11-7-6-8-12(9-11)17(4)5/h6-10H,1-5H3. The number of hydrogen-bond donors (Lipinski definition) is 0. The third-order valence-electron chi connectivity index (χ3n) is 2.80. The molecule has 0 aliphatic heterocycles. The van der Waals surface area contributed by atoms with E-state index in [9.17, 15) is 0 Å². The fraction of sp³-hybridized carbons (Fsp3) is 0.400. The van der Waals surface area contributed by atoms with Gasteiger partial charge in [0.2, 0.25) is 0 Å². The fourth-order valence-electron chi connectivity index (χ4n) is 1.69. The van der Waals surface area contributed by atoms with Gasteiger partial charge in [0.25, 0.3) is 0 Å². The molecule has 1 aromatic heterocycles. The van der Waals surface area contributed by atoms with Crippen molar-refractivity contribution in [2.45, 2.75) is 26.2 Å². The lowest BCUT2D eigenvalue weighted by atomic mass is 9.98. The molecule has 0 atom stereocenters. The van der Waals surface area contributed by atoms with Gasteiger partial charge in [0.15, 0.2) is 0 Å². The second-order valence-corrected chi connectivity index (χ2v) is 6.59. The van der Waals surface area contributed by atoms with Gasteiger partial charge in [-0.15, -0.1) is 11.3 Å². The fourth-order valence-corrected chi connectivity index (χ4v) is 2.61. The Morgan fingerprint density at radius 1 is 1.17 bits per heavy atom. The second kappa shape index (κ2) is 4.73. The van der Waals surface area contributed by atoms with Gasteiger partial charge in [0, 0.05) is 36.1 Å². The van der Waals surface area contributed by atoms with E-state index in [1.54, 1.807) is 11.3 Å². The van der Waals surface area contributed by atoms with E-state index in [1.165, 1.54) is 16.3 Å². The zero-order chi connectivity index (χ0) is 13.3. The minimum Gasteiger partial charge on any atom is -0.378 e. The summed E-state index contributed by atoms with van der Waals surface area (Å²) in [6.45, 7) is 6.60. The van der Waals surface area contributed by atoms with E-state index >= 15 is 0 Å². The molecule has 2 rings (SSSR count). The Labute approximate surface area is 113 Å². The summed E-state index contributed by atoms with van der Waals surface area (Å²) in [5.41, 5.74) is 3.60. The lowest BCUT2D eigenvalue weighted by molar-refractivity contribution is 0.586. The van der Waals surface area contributed by atoms with Crippen molar-refractivity contribution in [2.24, 2.45) is 0 Å². The molecular formula is C15H20N2S. The van der Waals surface area contributed by atoms with Crippen LogP contribution in [0.15, 0.2) is 29.6 Å². The molecule has 0 aliphatic carbocycles. The molecule has 3 heteroatoms. The Morgan fingerprint density at radius 2 is 1.89 bits per heavy atom. The maximum absolute atomic E-state index is 4.75. The van der Waals surface area contributed by atoms with E-state index in [0.29, 0.717) is 0 Å². The minimum atomic E-state index is 0.127. The van der Waals surface area contributed by atoms with Crippen LogP contribution in [0.25, 0.3) is 11.3 Å². The summed E-state index contributed by atoms with van der Waals surface area (Å²) >= 11 is 1.74. The molecule has 0 N–H and O–H groups in total. The molecule has 0 unspecified atom stereocenters. The first kappa shape index (κ1) is 13.1. The largest absolute Gasteiger partial charge is 0.378 e. The Bertz CT molecular complexity index is 535. The Kier molecular flexibility index (Phi) is 3.44. The minimum absolute atomic E-state index is 0.127. The number of rotatable bonds is 2. The molecule has 2 nitrogen and oxygen atoms in total. The number of anilines is 1. The average molecular weight is 260 g/mol. The van der Waals surface area contributed by atoms with Crippen LogP contribution in [0.5, 0.6) is 0 Å². The van der Waals surface area contributed by atoms with E-state index in [0.717, 1.165) is 5.69 Å². The van der Waals surface area contributed by atoms with Crippen LogP contribution in [0.3, 0.4) is 0 Å². The Morgan fingerprint density at radius 3 is 2.44 bits per heavy atom. The Hall–Kier alpha value is -1.35. The highest BCUT2D eigenvalue weighted by atomic mass is 32.1. The third-order valence-corrected chi connectivity index (χ3v) is 4.07. The highest BCUT2D eigenvalue weighted by Crippen LogP contribution is 2.30. The zero-order valence-corrected chi connectivity index (χ0v) is 12.5. The average Bonchev–Trinajstić information content (AvgIpc) is 2.78. The molecule has 0 saturated carbocycles. The molecule has 96 valence electrons. The number of aromatic nitrogens is 1. The van der Waals surface area contributed by atoms with Crippen LogP contribution in [0.2, 0.25) is 0 Å². The van der Waals surface area contributed by atoms with Crippen molar-refractivity contribution in [1.29, 1.82) is 0 Å². The van der Waals surface area contributed by atoms with Gasteiger partial charge in [0.05, 0.1) is 10.7 Å². The Balaban J connectivity index is 2.37. The van der Waals surface area contributed by atoms with Crippen molar-refractivity contribution in [1.82, 2.24) is 4.98 Å². The van der Waals surface area contributed by atoms with Crippen molar-refractivity contribution in [3.63, 3.8) is 0 Å². The summed E-state index contributed by atoms with van der Waals surface area (Å²) in [6.07, 6.45) is 0. The predicted octanol–water partition coefficient (Wildman–Crippen LogP) is 4.17. The number of hydrogen-bond acceptors (Lipinski definition) is 3. The van der Waals surface area contributed by atoms with Crippen molar-refractivity contribution >= 4 is 17.0 Å². The molecular weight excluding hydrogens is 240 g/mol. The van der Waals surface area contributed by atoms with Gasteiger partial charge in [-0.3, -0.25) is 0 Å². The molecule has 1 aromatic carbocycles. The first-order chi connectivity index (χ1) is 8.38. The van der Waals surface area contributed by atoms with Gasteiger partial charge >= 0.3 is 0 Å². The van der Waals surface area contributed by atoms with E-state index in [4.69, 9.17) is 4.98 Å². The molecule has 0 aliphatic rings. The van der Waals surface area contributed by atoms with Gasteiger partial charge in [-0.25, -0.2) is 4.98 Å². The van der Waals surface area contributed by atoms with Crippen LogP contribution in [0.1, 0.15) is 25.8 Å². The van der Waals surface area contributed by atoms with Crippen molar-refractivity contribution in [2.75, 3.05) is 19.0 Å². The molecule has 0 saturated heterocycles. The van der Waals surface area contributed by atoms with Gasteiger partial charge < -0.3 is 4.90 Å². The van der Waals surface area contributed by atoms with E-state index in [2.05, 4.69) is 69.4 Å². The topological polar surface area (TPSA) is 16.1 Å². The monoisotopic (exact) mass is 260 g/mol. The first-order valence-electron chi connectivity index (χ1n) is 6.12. The van der Waals surface area contributed by atoms with Crippen molar-refractivity contribution < 1.29 is 0 Å². The molecule has 0 bridgehead atoms. The predicted molar refractivity (Wildman–Crippen MR) is 80.6 cm³/mol. The smallest absolute Gasteiger partial charge is 0.0986 e. The van der Waals surface area contributed by atoms with Crippen LogP contribution < -0.4 is 4.90 Å². The first-order valence-corrected chi connectivity index (χ1v) is 6.99. The summed E-state index contributed by atoms with van der Waals surface area (Å²) in [4.78, 5) is 6.86. The van der Waals surface area contributed by atoms with E-state index < -0.39 is 0 Å². The molecule has 2 aromatic rings. The van der Waals surface area contributed by atoms with Crippen LogP contribution in [-0.2, 0) is 5.41 Å². The summed E-state index contributed by atoms with van der Waals surface area (Å²) < 4.78 is 0. The molecule has 0 spiro atoms. The maximum atomic E-state index is 4.75. The molecule has 18 heavy (non-hydrogen) atoms. The van der Waals surface area contributed by atoms with Crippen molar-refractivity contribution in [3.8, 4) is 11.3 Å². The second-order valence-electron chi connectivity index (χ2n) is 5.73. The van der Waals surface area contributed by atoms with Gasteiger partial charge in [-0.05, 0) is 12.1 Å². The molecule has 1 heterocycles. The highest BCUT2D eigenvalue weighted by molar-refractivity contribution is 7.10. The number of benzene rings is 1. The van der Waals surface area contributed by atoms with Crippen LogP contribution in [0, 0.1) is 0 Å².